The summed E-state index contributed by atoms with van der Waals surface area (Å²) in [4.78, 5) is 25.6. The SMILES string of the molecule is O=C(c1cc(-c2ccncc2)cc(-c2ccncc2)n1)c1ccccc1O. The molecule has 0 aliphatic rings. The first kappa shape index (κ1) is 16.6. The summed E-state index contributed by atoms with van der Waals surface area (Å²) in [5.41, 5.74) is 3.76. The lowest BCUT2D eigenvalue weighted by molar-refractivity contribution is 0.103. The maximum atomic E-state index is 13.0. The quantitative estimate of drug-likeness (QED) is 0.558. The summed E-state index contributed by atoms with van der Waals surface area (Å²) in [5, 5.41) is 10.0. The normalized spacial score (nSPS) is 10.5. The van der Waals surface area contributed by atoms with Crippen LogP contribution in [0.15, 0.2) is 85.5 Å². The third kappa shape index (κ3) is 3.43. The number of carbonyl (C=O) groups excluding carboxylic acids is 1. The van der Waals surface area contributed by atoms with Crippen LogP contribution in [0, 0.1) is 0 Å². The molecular weight excluding hydrogens is 338 g/mol. The molecule has 4 rings (SSSR count). The Kier molecular flexibility index (Phi) is 4.41. The molecule has 3 aromatic heterocycles. The number of nitrogens with zero attached hydrogens (tertiary/aromatic N) is 3. The Balaban J connectivity index is 1.89. The fraction of sp³-hybridized carbons (Fsp3) is 0. The van der Waals surface area contributed by atoms with Gasteiger partial charge in [0.25, 0.3) is 0 Å². The average molecular weight is 353 g/mol. The van der Waals surface area contributed by atoms with Gasteiger partial charge >= 0.3 is 0 Å². The summed E-state index contributed by atoms with van der Waals surface area (Å²) in [7, 11) is 0. The maximum absolute atomic E-state index is 13.0. The first-order valence-corrected chi connectivity index (χ1v) is 8.38. The van der Waals surface area contributed by atoms with Crippen LogP contribution in [0.4, 0.5) is 0 Å². The number of hydrogen-bond donors (Lipinski definition) is 1. The number of hydrogen-bond acceptors (Lipinski definition) is 5. The summed E-state index contributed by atoms with van der Waals surface area (Å²) in [6, 6.07) is 17.5. The number of pyridine rings is 3. The number of carbonyl (C=O) groups is 1. The van der Waals surface area contributed by atoms with Crippen molar-refractivity contribution in [3.63, 3.8) is 0 Å². The molecule has 0 spiro atoms. The van der Waals surface area contributed by atoms with Crippen molar-refractivity contribution in [2.24, 2.45) is 0 Å². The molecule has 0 radical (unpaired) electrons. The zero-order valence-corrected chi connectivity index (χ0v) is 14.3. The second-order valence-corrected chi connectivity index (χ2v) is 5.94. The van der Waals surface area contributed by atoms with Gasteiger partial charge in [0.15, 0.2) is 0 Å². The molecule has 0 fully saturated rings. The number of aromatic hydroxyl groups is 1. The van der Waals surface area contributed by atoms with E-state index in [1.54, 1.807) is 49.1 Å². The average Bonchev–Trinajstić information content (AvgIpc) is 2.74. The zero-order chi connectivity index (χ0) is 18.6. The van der Waals surface area contributed by atoms with Crippen molar-refractivity contribution >= 4 is 5.78 Å². The molecule has 0 aliphatic heterocycles. The summed E-state index contributed by atoms with van der Waals surface area (Å²) in [6.07, 6.45) is 6.76. The van der Waals surface area contributed by atoms with Gasteiger partial charge in [-0.2, -0.15) is 0 Å². The van der Waals surface area contributed by atoms with Crippen LogP contribution in [0.25, 0.3) is 22.4 Å². The second-order valence-electron chi connectivity index (χ2n) is 5.94. The van der Waals surface area contributed by atoms with Crippen molar-refractivity contribution in [3.8, 4) is 28.1 Å². The van der Waals surface area contributed by atoms with Gasteiger partial charge in [-0.1, -0.05) is 12.1 Å². The molecule has 0 saturated carbocycles. The number of ketones is 1. The minimum atomic E-state index is -0.334. The molecule has 0 unspecified atom stereocenters. The predicted molar refractivity (Wildman–Crippen MR) is 102 cm³/mol. The van der Waals surface area contributed by atoms with E-state index in [4.69, 9.17) is 0 Å². The van der Waals surface area contributed by atoms with E-state index in [1.807, 2.05) is 30.3 Å². The highest BCUT2D eigenvalue weighted by atomic mass is 16.3. The van der Waals surface area contributed by atoms with E-state index in [9.17, 15) is 9.90 Å². The maximum Gasteiger partial charge on any atom is 0.215 e. The summed E-state index contributed by atoms with van der Waals surface area (Å²) < 4.78 is 0. The zero-order valence-electron chi connectivity index (χ0n) is 14.3. The van der Waals surface area contributed by atoms with Gasteiger partial charge < -0.3 is 5.11 Å². The number of rotatable bonds is 4. The summed E-state index contributed by atoms with van der Waals surface area (Å²) in [6.45, 7) is 0. The molecule has 0 bridgehead atoms. The van der Waals surface area contributed by atoms with Gasteiger partial charge in [0.05, 0.1) is 11.3 Å². The lowest BCUT2D eigenvalue weighted by Crippen LogP contribution is -2.06. The molecule has 5 heteroatoms. The molecular formula is C22H15N3O2. The molecule has 27 heavy (non-hydrogen) atoms. The largest absolute Gasteiger partial charge is 0.507 e. The van der Waals surface area contributed by atoms with E-state index in [1.165, 1.54) is 6.07 Å². The van der Waals surface area contributed by atoms with Crippen molar-refractivity contribution in [1.29, 1.82) is 0 Å². The molecule has 1 N–H and O–H groups in total. The first-order chi connectivity index (χ1) is 13.2. The molecule has 1 aromatic carbocycles. The van der Waals surface area contributed by atoms with Crippen molar-refractivity contribution in [2.45, 2.75) is 0 Å². The monoisotopic (exact) mass is 353 g/mol. The number of phenolic OH excluding ortho intramolecular Hbond substituents is 1. The van der Waals surface area contributed by atoms with E-state index < -0.39 is 0 Å². The van der Waals surface area contributed by atoms with Gasteiger partial charge in [0.1, 0.15) is 11.4 Å². The third-order valence-corrected chi connectivity index (χ3v) is 4.20. The molecule has 4 aromatic rings. The Labute approximate surface area is 156 Å². The lowest BCUT2D eigenvalue weighted by atomic mass is 10.00. The van der Waals surface area contributed by atoms with Crippen LogP contribution < -0.4 is 0 Å². The van der Waals surface area contributed by atoms with E-state index in [0.29, 0.717) is 5.69 Å². The van der Waals surface area contributed by atoms with Gasteiger partial charge in [-0.3, -0.25) is 14.8 Å². The van der Waals surface area contributed by atoms with Crippen LogP contribution in [-0.2, 0) is 0 Å². The van der Waals surface area contributed by atoms with Gasteiger partial charge in [0.2, 0.25) is 5.78 Å². The number of aromatic nitrogens is 3. The topological polar surface area (TPSA) is 76.0 Å². The molecule has 5 nitrogen and oxygen atoms in total. The van der Waals surface area contributed by atoms with E-state index in [2.05, 4.69) is 15.0 Å². The van der Waals surface area contributed by atoms with Crippen LogP contribution in [0.1, 0.15) is 16.1 Å². The van der Waals surface area contributed by atoms with Crippen molar-refractivity contribution in [2.75, 3.05) is 0 Å². The van der Waals surface area contributed by atoms with E-state index in [0.717, 1.165) is 16.7 Å². The van der Waals surface area contributed by atoms with Crippen LogP contribution in [-0.4, -0.2) is 25.8 Å². The standard InChI is InChI=1S/C22H15N3O2/c26-21-4-2-1-3-18(21)22(27)20-14-17(15-5-9-23-10-6-15)13-19(25-20)16-7-11-24-12-8-16/h1-14,26H. The predicted octanol–water partition coefficient (Wildman–Crippen LogP) is 4.14. The summed E-state index contributed by atoms with van der Waals surface area (Å²) in [5.74, 6) is -0.400. The van der Waals surface area contributed by atoms with Gasteiger partial charge in [-0.15, -0.1) is 0 Å². The van der Waals surface area contributed by atoms with Crippen molar-refractivity contribution in [3.05, 3.63) is 96.7 Å². The minimum Gasteiger partial charge on any atom is -0.507 e. The number of para-hydroxylation sites is 1. The van der Waals surface area contributed by atoms with Crippen LogP contribution >= 0.6 is 0 Å². The van der Waals surface area contributed by atoms with Gasteiger partial charge in [0, 0.05) is 30.4 Å². The third-order valence-electron chi connectivity index (χ3n) is 4.20. The highest BCUT2D eigenvalue weighted by molar-refractivity contribution is 6.10. The smallest absolute Gasteiger partial charge is 0.215 e. The van der Waals surface area contributed by atoms with Crippen LogP contribution in [0.3, 0.4) is 0 Å². The molecule has 0 saturated heterocycles. The molecule has 130 valence electrons. The summed E-state index contributed by atoms with van der Waals surface area (Å²) >= 11 is 0. The molecule has 0 atom stereocenters. The van der Waals surface area contributed by atoms with Gasteiger partial charge in [-0.05, 0) is 59.7 Å². The van der Waals surface area contributed by atoms with Crippen molar-refractivity contribution < 1.29 is 9.90 Å². The van der Waals surface area contributed by atoms with Gasteiger partial charge in [-0.25, -0.2) is 4.98 Å². The Morgan fingerprint density at radius 3 is 2.04 bits per heavy atom. The Morgan fingerprint density at radius 1 is 0.741 bits per heavy atom. The molecule has 0 amide bonds. The Bertz CT molecular complexity index is 1040. The highest BCUT2D eigenvalue weighted by Gasteiger charge is 2.17. The Hall–Kier alpha value is -3.86. The van der Waals surface area contributed by atoms with Crippen molar-refractivity contribution in [1.82, 2.24) is 15.0 Å². The molecule has 3 heterocycles. The molecule has 0 aliphatic carbocycles. The lowest BCUT2D eigenvalue weighted by Gasteiger charge is -2.10. The van der Waals surface area contributed by atoms with E-state index >= 15 is 0 Å². The highest BCUT2D eigenvalue weighted by Crippen LogP contribution is 2.27. The fourth-order valence-corrected chi connectivity index (χ4v) is 2.83. The fourth-order valence-electron chi connectivity index (χ4n) is 2.83. The first-order valence-electron chi connectivity index (χ1n) is 8.38. The van der Waals surface area contributed by atoms with E-state index in [-0.39, 0.29) is 22.8 Å². The number of phenols is 1. The Morgan fingerprint density at radius 2 is 1.37 bits per heavy atom. The van der Waals surface area contributed by atoms with Crippen LogP contribution in [0.5, 0.6) is 5.75 Å². The second kappa shape index (κ2) is 7.17. The minimum absolute atomic E-state index is 0.0657. The number of benzene rings is 1. The van der Waals surface area contributed by atoms with Crippen LogP contribution in [0.2, 0.25) is 0 Å².